The molecule has 0 fully saturated rings. The molecule has 5 nitrogen and oxygen atoms in total. The first-order chi connectivity index (χ1) is 5.93. The van der Waals surface area contributed by atoms with Gasteiger partial charge in [-0.05, 0) is 13.3 Å². The Morgan fingerprint density at radius 2 is 1.69 bits per heavy atom. The fraction of sp³-hybridized carbons (Fsp3) is 0.625. The van der Waals surface area contributed by atoms with Gasteiger partial charge in [-0.25, -0.2) is 0 Å². The largest absolute Gasteiger partial charge is 0.481 e. The zero-order chi connectivity index (χ0) is 10.4. The van der Waals surface area contributed by atoms with E-state index < -0.39 is 17.9 Å². The van der Waals surface area contributed by atoms with Gasteiger partial charge in [0, 0.05) is 12.3 Å². The van der Waals surface area contributed by atoms with Crippen LogP contribution in [-0.2, 0) is 14.4 Å². The maximum Gasteiger partial charge on any atom is 0.304 e. The number of carbonyl (C=O) groups excluding carboxylic acids is 1. The molecule has 0 amide bonds. The fourth-order valence-electron chi connectivity index (χ4n) is 0.958. The molecule has 0 aliphatic carbocycles. The number of carboxylic acid groups (broad SMARTS) is 2. The van der Waals surface area contributed by atoms with Crippen molar-refractivity contribution in [3.05, 3.63) is 0 Å². The van der Waals surface area contributed by atoms with E-state index in [2.05, 4.69) is 0 Å². The smallest absolute Gasteiger partial charge is 0.304 e. The van der Waals surface area contributed by atoms with Crippen LogP contribution in [-0.4, -0.2) is 27.9 Å². The zero-order valence-electron chi connectivity index (χ0n) is 7.32. The summed E-state index contributed by atoms with van der Waals surface area (Å²) >= 11 is 0. The number of ketones is 1. The van der Waals surface area contributed by atoms with Crippen LogP contribution in [0.4, 0.5) is 0 Å². The SMILES string of the molecule is CC(=O)C(CCC(=O)O)CC(=O)O. The van der Waals surface area contributed by atoms with Gasteiger partial charge in [0.15, 0.2) is 0 Å². The number of carbonyl (C=O) groups is 3. The second-order valence-electron chi connectivity index (χ2n) is 2.84. The van der Waals surface area contributed by atoms with Gasteiger partial charge in [-0.15, -0.1) is 0 Å². The molecule has 0 spiro atoms. The molecule has 0 saturated carbocycles. The Labute approximate surface area is 75.4 Å². The van der Waals surface area contributed by atoms with Gasteiger partial charge in [0.25, 0.3) is 0 Å². The molecule has 2 N–H and O–H groups in total. The molecule has 1 unspecified atom stereocenters. The quantitative estimate of drug-likeness (QED) is 0.634. The molecule has 0 radical (unpaired) electrons. The van der Waals surface area contributed by atoms with Crippen molar-refractivity contribution >= 4 is 17.7 Å². The van der Waals surface area contributed by atoms with Gasteiger partial charge in [-0.1, -0.05) is 0 Å². The molecule has 5 heteroatoms. The number of aliphatic carboxylic acids is 2. The highest BCUT2D eigenvalue weighted by Gasteiger charge is 2.18. The summed E-state index contributed by atoms with van der Waals surface area (Å²) in [6, 6.07) is 0. The lowest BCUT2D eigenvalue weighted by Crippen LogP contribution is -2.16. The van der Waals surface area contributed by atoms with E-state index in [4.69, 9.17) is 10.2 Å². The van der Waals surface area contributed by atoms with Crippen LogP contribution >= 0.6 is 0 Å². The minimum Gasteiger partial charge on any atom is -0.481 e. The van der Waals surface area contributed by atoms with Gasteiger partial charge in [0.05, 0.1) is 6.42 Å². The molecule has 0 bridgehead atoms. The van der Waals surface area contributed by atoms with Crippen molar-refractivity contribution in [3.63, 3.8) is 0 Å². The minimum absolute atomic E-state index is 0.0942. The summed E-state index contributed by atoms with van der Waals surface area (Å²) in [5.41, 5.74) is 0. The highest BCUT2D eigenvalue weighted by atomic mass is 16.4. The Bertz CT molecular complexity index is 221. The summed E-state index contributed by atoms with van der Waals surface area (Å²) in [4.78, 5) is 31.2. The van der Waals surface area contributed by atoms with E-state index in [1.54, 1.807) is 0 Å². The molecule has 0 rings (SSSR count). The van der Waals surface area contributed by atoms with E-state index >= 15 is 0 Å². The molecule has 0 saturated heterocycles. The molecule has 0 aromatic carbocycles. The Hall–Kier alpha value is -1.39. The number of rotatable bonds is 6. The van der Waals surface area contributed by atoms with Crippen LogP contribution in [0.2, 0.25) is 0 Å². The molecule has 0 aliphatic rings. The average molecular weight is 188 g/mol. The van der Waals surface area contributed by atoms with Crippen molar-refractivity contribution in [1.82, 2.24) is 0 Å². The van der Waals surface area contributed by atoms with Crippen LogP contribution in [0.15, 0.2) is 0 Å². The summed E-state index contributed by atoms with van der Waals surface area (Å²) in [7, 11) is 0. The van der Waals surface area contributed by atoms with Gasteiger partial charge < -0.3 is 10.2 Å². The van der Waals surface area contributed by atoms with Gasteiger partial charge in [-0.3, -0.25) is 14.4 Å². The maximum atomic E-state index is 10.8. The van der Waals surface area contributed by atoms with Crippen molar-refractivity contribution in [2.24, 2.45) is 5.92 Å². The number of hydrogen-bond acceptors (Lipinski definition) is 3. The van der Waals surface area contributed by atoms with E-state index in [1.165, 1.54) is 6.92 Å². The molecule has 0 aliphatic heterocycles. The predicted molar refractivity (Wildman–Crippen MR) is 43.3 cm³/mol. The standard InChI is InChI=1S/C8H12O5/c1-5(9)6(4-8(12)13)2-3-7(10)11/h6H,2-4H2,1H3,(H,10,11)(H,12,13). The summed E-state index contributed by atoms with van der Waals surface area (Å²) in [6.07, 6.45) is -0.364. The van der Waals surface area contributed by atoms with Crippen LogP contribution in [0.5, 0.6) is 0 Å². The molecule has 0 aromatic heterocycles. The Morgan fingerprint density at radius 1 is 1.15 bits per heavy atom. The molecule has 0 heterocycles. The topological polar surface area (TPSA) is 91.7 Å². The first kappa shape index (κ1) is 11.6. The predicted octanol–water partition coefficient (Wildman–Crippen LogP) is 0.531. The van der Waals surface area contributed by atoms with Crippen molar-refractivity contribution < 1.29 is 24.6 Å². The van der Waals surface area contributed by atoms with Crippen LogP contribution in [0.1, 0.15) is 26.2 Å². The number of hydrogen-bond donors (Lipinski definition) is 2. The third kappa shape index (κ3) is 5.84. The second kappa shape index (κ2) is 5.29. The first-order valence-electron chi connectivity index (χ1n) is 3.87. The lowest BCUT2D eigenvalue weighted by atomic mass is 9.96. The summed E-state index contributed by atoms with van der Waals surface area (Å²) in [6.45, 7) is 1.27. The lowest BCUT2D eigenvalue weighted by molar-refractivity contribution is -0.142. The highest BCUT2D eigenvalue weighted by molar-refractivity contribution is 5.83. The molecule has 1 atom stereocenters. The lowest BCUT2D eigenvalue weighted by Gasteiger charge is -2.08. The molecular formula is C8H12O5. The fourth-order valence-corrected chi connectivity index (χ4v) is 0.958. The van der Waals surface area contributed by atoms with E-state index in [-0.39, 0.29) is 25.0 Å². The molecular weight excluding hydrogens is 176 g/mol. The van der Waals surface area contributed by atoms with Crippen LogP contribution in [0, 0.1) is 5.92 Å². The summed E-state index contributed by atoms with van der Waals surface area (Å²) in [5, 5.41) is 16.7. The van der Waals surface area contributed by atoms with Crippen LogP contribution in [0.3, 0.4) is 0 Å². The first-order valence-corrected chi connectivity index (χ1v) is 3.87. The van der Waals surface area contributed by atoms with E-state index in [0.717, 1.165) is 0 Å². The van der Waals surface area contributed by atoms with Crippen molar-refractivity contribution in [2.45, 2.75) is 26.2 Å². The third-order valence-electron chi connectivity index (χ3n) is 1.70. The normalized spacial score (nSPS) is 12.1. The highest BCUT2D eigenvalue weighted by Crippen LogP contribution is 2.12. The van der Waals surface area contributed by atoms with Crippen LogP contribution in [0.25, 0.3) is 0 Å². The monoisotopic (exact) mass is 188 g/mol. The average Bonchev–Trinajstić information content (AvgIpc) is 1.96. The molecule has 13 heavy (non-hydrogen) atoms. The Morgan fingerprint density at radius 3 is 2.00 bits per heavy atom. The summed E-state index contributed by atoms with van der Waals surface area (Å²) in [5.74, 6) is -3.04. The van der Waals surface area contributed by atoms with Crippen molar-refractivity contribution in [2.75, 3.05) is 0 Å². The van der Waals surface area contributed by atoms with Gasteiger partial charge in [-0.2, -0.15) is 0 Å². The van der Waals surface area contributed by atoms with E-state index in [1.807, 2.05) is 0 Å². The maximum absolute atomic E-state index is 10.8. The van der Waals surface area contributed by atoms with E-state index in [0.29, 0.717) is 0 Å². The third-order valence-corrected chi connectivity index (χ3v) is 1.70. The summed E-state index contributed by atoms with van der Waals surface area (Å²) < 4.78 is 0. The van der Waals surface area contributed by atoms with Crippen molar-refractivity contribution in [1.29, 1.82) is 0 Å². The van der Waals surface area contributed by atoms with Crippen LogP contribution < -0.4 is 0 Å². The number of carboxylic acids is 2. The van der Waals surface area contributed by atoms with Gasteiger partial charge in [0.1, 0.15) is 5.78 Å². The Balaban J connectivity index is 4.02. The van der Waals surface area contributed by atoms with Gasteiger partial charge >= 0.3 is 11.9 Å². The zero-order valence-corrected chi connectivity index (χ0v) is 7.32. The Kier molecular flexibility index (Phi) is 4.72. The van der Waals surface area contributed by atoms with Gasteiger partial charge in [0.2, 0.25) is 0 Å². The molecule has 0 aromatic rings. The van der Waals surface area contributed by atoms with E-state index in [9.17, 15) is 14.4 Å². The second-order valence-corrected chi connectivity index (χ2v) is 2.84. The molecule has 74 valence electrons. The minimum atomic E-state index is -1.08. The number of Topliss-reactive ketones (excluding diaryl/α,β-unsaturated/α-hetero) is 1. The van der Waals surface area contributed by atoms with Crippen molar-refractivity contribution in [3.8, 4) is 0 Å².